The fourth-order valence-electron chi connectivity index (χ4n) is 2.66. The maximum Gasteiger partial charge on any atom is 0.264 e. The van der Waals surface area contributed by atoms with Crippen LogP contribution in [-0.2, 0) is 16.0 Å². The van der Waals surface area contributed by atoms with Gasteiger partial charge in [0.2, 0.25) is 5.91 Å². The lowest BCUT2D eigenvalue weighted by Gasteiger charge is -2.20. The molecule has 1 aliphatic rings. The van der Waals surface area contributed by atoms with Gasteiger partial charge in [-0.05, 0) is 23.8 Å². The number of ether oxygens (including phenoxy) is 1. The summed E-state index contributed by atoms with van der Waals surface area (Å²) in [5, 5.41) is 3.31. The fourth-order valence-corrected chi connectivity index (χ4v) is 3.15. The van der Waals surface area contributed by atoms with Crippen molar-refractivity contribution in [2.45, 2.75) is 12.5 Å². The smallest absolute Gasteiger partial charge is 0.264 e. The first-order valence-electron chi connectivity index (χ1n) is 7.69. The lowest BCUT2D eigenvalue weighted by Crippen LogP contribution is -2.42. The molecule has 0 unspecified atom stereocenters. The normalized spacial score (nSPS) is 15.2. The van der Waals surface area contributed by atoms with E-state index in [9.17, 15) is 9.59 Å². The molecular formula is C18H16Cl2N2O3. The molecule has 0 aromatic heterocycles. The molecule has 0 aliphatic carbocycles. The zero-order valence-corrected chi connectivity index (χ0v) is 15.0. The van der Waals surface area contributed by atoms with E-state index in [1.165, 1.54) is 4.90 Å². The first-order chi connectivity index (χ1) is 12.0. The van der Waals surface area contributed by atoms with Crippen molar-refractivity contribution >= 4 is 40.7 Å². The molecule has 25 heavy (non-hydrogen) atoms. The zero-order chi connectivity index (χ0) is 18.0. The summed E-state index contributed by atoms with van der Waals surface area (Å²) in [5.41, 5.74) is 1.32. The third kappa shape index (κ3) is 3.89. The third-order valence-electron chi connectivity index (χ3n) is 3.91. The summed E-state index contributed by atoms with van der Waals surface area (Å²) in [6, 6.07) is 12.5. The van der Waals surface area contributed by atoms with Crippen LogP contribution in [0.1, 0.15) is 5.56 Å². The van der Waals surface area contributed by atoms with E-state index in [0.29, 0.717) is 27.9 Å². The zero-order valence-electron chi connectivity index (χ0n) is 13.5. The van der Waals surface area contributed by atoms with E-state index < -0.39 is 6.10 Å². The second kappa shape index (κ2) is 7.33. The maximum atomic E-state index is 12.5. The minimum absolute atomic E-state index is 0.128. The SMILES string of the molecule is CN(CC(=O)Nc1c(Cl)cccc1Cl)C(=O)[C@@H]1Cc2ccccc2O1. The lowest BCUT2D eigenvalue weighted by atomic mass is 10.1. The van der Waals surface area contributed by atoms with Crippen molar-refractivity contribution in [1.82, 2.24) is 4.90 Å². The van der Waals surface area contributed by atoms with Gasteiger partial charge >= 0.3 is 0 Å². The quantitative estimate of drug-likeness (QED) is 0.886. The van der Waals surface area contributed by atoms with E-state index in [1.54, 1.807) is 25.2 Å². The van der Waals surface area contributed by atoms with Crippen LogP contribution >= 0.6 is 23.2 Å². The molecule has 1 heterocycles. The van der Waals surface area contributed by atoms with Crippen molar-refractivity contribution in [2.75, 3.05) is 18.9 Å². The molecule has 0 radical (unpaired) electrons. The maximum absolute atomic E-state index is 12.5. The van der Waals surface area contributed by atoms with Gasteiger partial charge < -0.3 is 15.0 Å². The van der Waals surface area contributed by atoms with E-state index in [2.05, 4.69) is 5.32 Å². The molecule has 7 heteroatoms. The van der Waals surface area contributed by atoms with Crippen LogP contribution < -0.4 is 10.1 Å². The Morgan fingerprint density at radius 1 is 1.16 bits per heavy atom. The Morgan fingerprint density at radius 2 is 1.84 bits per heavy atom. The van der Waals surface area contributed by atoms with Crippen molar-refractivity contribution < 1.29 is 14.3 Å². The number of carbonyl (C=O) groups is 2. The highest BCUT2D eigenvalue weighted by Gasteiger charge is 2.31. The molecule has 0 bridgehead atoms. The summed E-state index contributed by atoms with van der Waals surface area (Å²) >= 11 is 12.1. The Balaban J connectivity index is 1.60. The largest absolute Gasteiger partial charge is 0.480 e. The molecule has 2 aromatic rings. The second-order valence-electron chi connectivity index (χ2n) is 5.76. The number of para-hydroxylation sites is 2. The van der Waals surface area contributed by atoms with Crippen LogP contribution in [0.15, 0.2) is 42.5 Å². The molecule has 0 saturated carbocycles. The average Bonchev–Trinajstić information content (AvgIpc) is 3.01. The van der Waals surface area contributed by atoms with Crippen molar-refractivity contribution in [3.8, 4) is 5.75 Å². The average molecular weight is 379 g/mol. The number of nitrogens with zero attached hydrogens (tertiary/aromatic N) is 1. The molecule has 5 nitrogen and oxygen atoms in total. The minimum atomic E-state index is -0.612. The van der Waals surface area contributed by atoms with Gasteiger partial charge in [-0.3, -0.25) is 9.59 Å². The molecule has 2 amide bonds. The Kier molecular flexibility index (Phi) is 5.16. The van der Waals surface area contributed by atoms with E-state index >= 15 is 0 Å². The summed E-state index contributed by atoms with van der Waals surface area (Å²) in [6.45, 7) is -0.128. The number of anilines is 1. The number of hydrogen-bond acceptors (Lipinski definition) is 3. The van der Waals surface area contributed by atoms with Crippen LogP contribution in [0.2, 0.25) is 10.0 Å². The van der Waals surface area contributed by atoms with Gasteiger partial charge in [0.05, 0.1) is 22.3 Å². The summed E-state index contributed by atoms with van der Waals surface area (Å²) in [4.78, 5) is 26.0. The lowest BCUT2D eigenvalue weighted by molar-refractivity contribution is -0.139. The van der Waals surface area contributed by atoms with Crippen LogP contribution in [0.4, 0.5) is 5.69 Å². The van der Waals surface area contributed by atoms with Crippen molar-refractivity contribution in [2.24, 2.45) is 0 Å². The highest BCUT2D eigenvalue weighted by atomic mass is 35.5. The highest BCUT2D eigenvalue weighted by molar-refractivity contribution is 6.39. The van der Waals surface area contributed by atoms with Crippen LogP contribution in [0.3, 0.4) is 0 Å². The Hall–Kier alpha value is -2.24. The number of likely N-dealkylation sites (N-methyl/N-ethyl adjacent to an activating group) is 1. The van der Waals surface area contributed by atoms with Gasteiger partial charge in [0.15, 0.2) is 6.10 Å². The van der Waals surface area contributed by atoms with E-state index in [-0.39, 0.29) is 18.4 Å². The molecule has 2 aromatic carbocycles. The molecule has 0 spiro atoms. The fraction of sp³-hybridized carbons (Fsp3) is 0.222. The van der Waals surface area contributed by atoms with Gasteiger partial charge in [0.25, 0.3) is 5.91 Å². The molecule has 3 rings (SSSR count). The van der Waals surface area contributed by atoms with E-state index in [0.717, 1.165) is 5.56 Å². The number of benzene rings is 2. The van der Waals surface area contributed by atoms with E-state index in [1.807, 2.05) is 24.3 Å². The molecule has 1 aliphatic heterocycles. The number of nitrogens with one attached hydrogen (secondary N) is 1. The topological polar surface area (TPSA) is 58.6 Å². The number of halogens is 2. The molecule has 0 saturated heterocycles. The van der Waals surface area contributed by atoms with Crippen LogP contribution in [0, 0.1) is 0 Å². The summed E-state index contributed by atoms with van der Waals surface area (Å²) in [6.07, 6.45) is -0.115. The summed E-state index contributed by atoms with van der Waals surface area (Å²) in [5.74, 6) is 0.0690. The minimum Gasteiger partial charge on any atom is -0.480 e. The van der Waals surface area contributed by atoms with Crippen molar-refractivity contribution in [1.29, 1.82) is 0 Å². The Bertz CT molecular complexity index is 780. The van der Waals surface area contributed by atoms with Gasteiger partial charge in [0, 0.05) is 13.5 Å². The first kappa shape index (κ1) is 17.6. The van der Waals surface area contributed by atoms with E-state index in [4.69, 9.17) is 27.9 Å². The van der Waals surface area contributed by atoms with Crippen molar-refractivity contribution in [3.63, 3.8) is 0 Å². The van der Waals surface area contributed by atoms with Crippen LogP contribution in [0.25, 0.3) is 0 Å². The standard InChI is InChI=1S/C18H16Cl2N2O3/c1-22(10-16(23)21-17-12(19)6-4-7-13(17)20)18(24)15-9-11-5-2-3-8-14(11)25-15/h2-8,15H,9-10H2,1H3,(H,21,23)/t15-/m0/s1. The number of amides is 2. The monoisotopic (exact) mass is 378 g/mol. The first-order valence-corrected chi connectivity index (χ1v) is 8.44. The molecule has 1 atom stereocenters. The number of carbonyl (C=O) groups excluding carboxylic acids is 2. The molecule has 0 fully saturated rings. The number of rotatable bonds is 4. The number of fused-ring (bicyclic) bond motifs is 1. The molecular weight excluding hydrogens is 363 g/mol. The summed E-state index contributed by atoms with van der Waals surface area (Å²) in [7, 11) is 1.56. The predicted molar refractivity (Wildman–Crippen MR) is 97.3 cm³/mol. The second-order valence-corrected chi connectivity index (χ2v) is 6.57. The van der Waals surface area contributed by atoms with Gasteiger partial charge in [-0.15, -0.1) is 0 Å². The van der Waals surface area contributed by atoms with Crippen LogP contribution in [0.5, 0.6) is 5.75 Å². The summed E-state index contributed by atoms with van der Waals surface area (Å²) < 4.78 is 5.66. The van der Waals surface area contributed by atoms with Gasteiger partial charge in [0.1, 0.15) is 5.75 Å². The van der Waals surface area contributed by atoms with Gasteiger partial charge in [-0.25, -0.2) is 0 Å². The highest BCUT2D eigenvalue weighted by Crippen LogP contribution is 2.30. The van der Waals surface area contributed by atoms with Gasteiger partial charge in [-0.2, -0.15) is 0 Å². The van der Waals surface area contributed by atoms with Crippen LogP contribution in [-0.4, -0.2) is 36.4 Å². The third-order valence-corrected chi connectivity index (χ3v) is 4.54. The Morgan fingerprint density at radius 3 is 2.52 bits per heavy atom. The predicted octanol–water partition coefficient (Wildman–Crippen LogP) is 3.39. The molecule has 130 valence electrons. The van der Waals surface area contributed by atoms with Crippen molar-refractivity contribution in [3.05, 3.63) is 58.1 Å². The Labute approximate surface area is 155 Å². The molecule has 1 N–H and O–H groups in total. The van der Waals surface area contributed by atoms with Gasteiger partial charge in [-0.1, -0.05) is 47.5 Å². The number of hydrogen-bond donors (Lipinski definition) is 1.